The van der Waals surface area contributed by atoms with Crippen LogP contribution in [-0.2, 0) is 10.0 Å². The number of methoxy groups -OCH3 is 1. The molecule has 168 valence electrons. The van der Waals surface area contributed by atoms with Crippen LogP contribution < -0.4 is 10.1 Å². The summed E-state index contributed by atoms with van der Waals surface area (Å²) in [5.41, 5.74) is 2.57. The van der Waals surface area contributed by atoms with Crippen LogP contribution in [-0.4, -0.2) is 64.4 Å². The van der Waals surface area contributed by atoms with Crippen LogP contribution in [0.3, 0.4) is 0 Å². The van der Waals surface area contributed by atoms with Crippen molar-refractivity contribution in [2.45, 2.75) is 30.7 Å². The van der Waals surface area contributed by atoms with Gasteiger partial charge in [0.1, 0.15) is 10.6 Å². The van der Waals surface area contributed by atoms with Gasteiger partial charge in [-0.25, -0.2) is 8.42 Å². The number of carbonyl (C=O) groups excluding carboxylic acids is 1. The first-order valence-electron chi connectivity index (χ1n) is 10.4. The second kappa shape index (κ2) is 9.80. The summed E-state index contributed by atoms with van der Waals surface area (Å²) in [6, 6.07) is 12.8. The van der Waals surface area contributed by atoms with E-state index in [2.05, 4.69) is 17.4 Å². The number of nitrogens with one attached hydrogen (secondary N) is 1. The quantitative estimate of drug-likeness (QED) is 0.676. The first kappa shape index (κ1) is 23.2. The molecule has 0 aromatic heterocycles. The smallest absolute Gasteiger partial charge is 0.251 e. The van der Waals surface area contributed by atoms with Gasteiger partial charge in [-0.2, -0.15) is 4.31 Å². The normalized spacial score (nSPS) is 15.8. The van der Waals surface area contributed by atoms with Crippen LogP contribution in [0.5, 0.6) is 5.75 Å². The molecular formula is C23H31N3O4S. The highest BCUT2D eigenvalue weighted by molar-refractivity contribution is 7.89. The summed E-state index contributed by atoms with van der Waals surface area (Å²) < 4.78 is 32.9. The molecule has 1 fully saturated rings. The Kier molecular flexibility index (Phi) is 7.35. The molecule has 0 aliphatic carbocycles. The summed E-state index contributed by atoms with van der Waals surface area (Å²) in [5.74, 6) is -0.0752. The van der Waals surface area contributed by atoms with Crippen LogP contribution in [0.4, 0.5) is 0 Å². The van der Waals surface area contributed by atoms with Gasteiger partial charge in [-0.3, -0.25) is 4.79 Å². The van der Waals surface area contributed by atoms with Crippen LogP contribution in [0.15, 0.2) is 47.4 Å². The fourth-order valence-electron chi connectivity index (χ4n) is 3.77. The van der Waals surface area contributed by atoms with Gasteiger partial charge in [0.2, 0.25) is 10.0 Å². The lowest BCUT2D eigenvalue weighted by Gasteiger charge is -2.25. The Bertz CT molecular complexity index is 1010. The molecule has 1 N–H and O–H groups in total. The van der Waals surface area contributed by atoms with E-state index in [4.69, 9.17) is 4.74 Å². The zero-order valence-corrected chi connectivity index (χ0v) is 19.4. The largest absolute Gasteiger partial charge is 0.495 e. The first-order chi connectivity index (χ1) is 14.7. The maximum Gasteiger partial charge on any atom is 0.251 e. The molecule has 0 spiro atoms. The predicted octanol–water partition coefficient (Wildman–Crippen LogP) is 2.82. The molecule has 8 heteroatoms. The Hall–Kier alpha value is -2.42. The average Bonchev–Trinajstić information content (AvgIpc) is 3.30. The van der Waals surface area contributed by atoms with E-state index >= 15 is 0 Å². The molecule has 0 bridgehead atoms. The molecule has 1 heterocycles. The summed E-state index contributed by atoms with van der Waals surface area (Å²) in [4.78, 5) is 15.0. The second-order valence-corrected chi connectivity index (χ2v) is 9.98. The van der Waals surface area contributed by atoms with E-state index < -0.39 is 10.0 Å². The third kappa shape index (κ3) is 5.26. The van der Waals surface area contributed by atoms with Crippen molar-refractivity contribution in [2.24, 2.45) is 0 Å². The van der Waals surface area contributed by atoms with E-state index in [1.807, 2.05) is 38.1 Å². The van der Waals surface area contributed by atoms with Crippen molar-refractivity contribution in [2.75, 3.05) is 40.8 Å². The first-order valence-corrected chi connectivity index (χ1v) is 11.9. The second-order valence-electron chi connectivity index (χ2n) is 8.08. The summed E-state index contributed by atoms with van der Waals surface area (Å²) in [6.07, 6.45) is 1.68. The van der Waals surface area contributed by atoms with Gasteiger partial charge in [-0.05, 0) is 57.6 Å². The molecule has 1 amide bonds. The van der Waals surface area contributed by atoms with Gasteiger partial charge in [0.15, 0.2) is 0 Å². The number of benzene rings is 2. The van der Waals surface area contributed by atoms with Crippen molar-refractivity contribution in [1.82, 2.24) is 14.5 Å². The van der Waals surface area contributed by atoms with E-state index in [1.54, 1.807) is 12.1 Å². The summed E-state index contributed by atoms with van der Waals surface area (Å²) >= 11 is 0. The Morgan fingerprint density at radius 1 is 1.13 bits per heavy atom. The maximum atomic E-state index is 13.1. The highest BCUT2D eigenvalue weighted by Gasteiger charge is 2.30. The predicted molar refractivity (Wildman–Crippen MR) is 121 cm³/mol. The van der Waals surface area contributed by atoms with Crippen molar-refractivity contribution in [1.29, 1.82) is 0 Å². The maximum absolute atomic E-state index is 13.1. The van der Waals surface area contributed by atoms with Crippen molar-refractivity contribution >= 4 is 15.9 Å². The van der Waals surface area contributed by atoms with Gasteiger partial charge in [-0.15, -0.1) is 0 Å². The van der Waals surface area contributed by atoms with Crippen molar-refractivity contribution in [3.63, 3.8) is 0 Å². The number of nitrogens with zero attached hydrogens (tertiary/aromatic N) is 2. The minimum atomic E-state index is -3.71. The van der Waals surface area contributed by atoms with Crippen molar-refractivity contribution < 1.29 is 17.9 Å². The molecule has 0 saturated carbocycles. The lowest BCUT2D eigenvalue weighted by atomic mass is 10.0. The number of aryl methyl sites for hydroxylation is 1. The molecule has 2 aromatic carbocycles. The van der Waals surface area contributed by atoms with Gasteiger partial charge >= 0.3 is 0 Å². The highest BCUT2D eigenvalue weighted by Crippen LogP contribution is 2.30. The Morgan fingerprint density at radius 2 is 1.77 bits per heavy atom. The minimum absolute atomic E-state index is 0.00407. The molecule has 1 aliphatic heterocycles. The summed E-state index contributed by atoms with van der Waals surface area (Å²) in [7, 11) is 1.65. The number of sulfonamides is 1. The van der Waals surface area contributed by atoms with E-state index in [0.717, 1.165) is 18.4 Å². The zero-order valence-electron chi connectivity index (χ0n) is 18.6. The van der Waals surface area contributed by atoms with E-state index in [1.165, 1.54) is 23.0 Å². The lowest BCUT2D eigenvalue weighted by Crippen LogP contribution is -2.34. The number of likely N-dealkylation sites (N-methyl/N-ethyl adjacent to an activating group) is 1. The average molecular weight is 446 g/mol. The molecule has 0 radical (unpaired) electrons. The molecule has 7 nitrogen and oxygen atoms in total. The topological polar surface area (TPSA) is 79.0 Å². The number of amides is 1. The summed E-state index contributed by atoms with van der Waals surface area (Å²) in [6.45, 7) is 3.41. The fraction of sp³-hybridized carbons (Fsp3) is 0.435. The zero-order chi connectivity index (χ0) is 22.6. The van der Waals surface area contributed by atoms with Crippen LogP contribution in [0.25, 0.3) is 0 Å². The SMILES string of the molecule is COc1ccc(C(=O)NCC(c2ccc(C)cc2)N(C)C)cc1S(=O)(=O)N1CCCC1. The van der Waals surface area contributed by atoms with Gasteiger partial charge < -0.3 is 15.0 Å². The molecule has 31 heavy (non-hydrogen) atoms. The standard InChI is InChI=1S/C23H31N3O4S/c1-17-7-9-18(10-8-17)20(25(2)3)16-24-23(27)19-11-12-21(30-4)22(15-19)31(28,29)26-13-5-6-14-26/h7-12,15,20H,5-6,13-14,16H2,1-4H3,(H,24,27). The molecule has 1 unspecified atom stereocenters. The molecule has 3 rings (SSSR count). The summed E-state index contributed by atoms with van der Waals surface area (Å²) in [5, 5.41) is 2.95. The Morgan fingerprint density at radius 3 is 2.35 bits per heavy atom. The van der Waals surface area contributed by atoms with Crippen LogP contribution in [0.1, 0.15) is 40.4 Å². The van der Waals surface area contributed by atoms with Crippen LogP contribution in [0.2, 0.25) is 0 Å². The number of ether oxygens (including phenoxy) is 1. The van der Waals surface area contributed by atoms with Crippen molar-refractivity contribution in [3.8, 4) is 5.75 Å². The third-order valence-electron chi connectivity index (χ3n) is 5.65. The number of rotatable bonds is 8. The fourth-order valence-corrected chi connectivity index (χ4v) is 5.46. The van der Waals surface area contributed by atoms with Crippen LogP contribution in [0, 0.1) is 6.92 Å². The lowest BCUT2D eigenvalue weighted by molar-refractivity contribution is 0.0941. The molecule has 1 aliphatic rings. The van der Waals surface area contributed by atoms with E-state index in [-0.39, 0.29) is 22.6 Å². The third-order valence-corrected chi connectivity index (χ3v) is 7.57. The van der Waals surface area contributed by atoms with E-state index in [0.29, 0.717) is 25.2 Å². The van der Waals surface area contributed by atoms with Gasteiger partial charge in [0.05, 0.1) is 13.2 Å². The highest BCUT2D eigenvalue weighted by atomic mass is 32.2. The Balaban J connectivity index is 1.80. The van der Waals surface area contributed by atoms with Gasteiger partial charge in [0.25, 0.3) is 5.91 Å². The van der Waals surface area contributed by atoms with Gasteiger partial charge in [-0.1, -0.05) is 29.8 Å². The molecule has 2 aromatic rings. The van der Waals surface area contributed by atoms with Gasteiger partial charge in [0, 0.05) is 25.2 Å². The number of carbonyl (C=O) groups is 1. The molecular weight excluding hydrogens is 414 g/mol. The Labute approximate surface area is 185 Å². The van der Waals surface area contributed by atoms with E-state index in [9.17, 15) is 13.2 Å². The number of hydrogen-bond acceptors (Lipinski definition) is 5. The number of hydrogen-bond donors (Lipinski definition) is 1. The monoisotopic (exact) mass is 445 g/mol. The van der Waals surface area contributed by atoms with Crippen molar-refractivity contribution in [3.05, 3.63) is 59.2 Å². The molecule has 1 saturated heterocycles. The molecule has 1 atom stereocenters. The van der Waals surface area contributed by atoms with Crippen LogP contribution >= 0.6 is 0 Å². The minimum Gasteiger partial charge on any atom is -0.495 e.